The lowest BCUT2D eigenvalue weighted by atomic mass is 9.93. The Bertz CT molecular complexity index is 611. The van der Waals surface area contributed by atoms with Crippen LogP contribution in [-0.2, 0) is 13.1 Å². The Morgan fingerprint density at radius 2 is 1.90 bits per heavy atom. The number of rotatable bonds is 5. The van der Waals surface area contributed by atoms with Crippen molar-refractivity contribution >= 4 is 5.91 Å². The molecule has 1 fully saturated rings. The summed E-state index contributed by atoms with van der Waals surface area (Å²) in [5.74, 6) is -0.00481. The molecule has 2 aromatic rings. The molecule has 0 bridgehead atoms. The Balaban J connectivity index is 1.62. The van der Waals surface area contributed by atoms with Gasteiger partial charge in [0.25, 0.3) is 5.91 Å². The van der Waals surface area contributed by atoms with Gasteiger partial charge in [-0.1, -0.05) is 24.3 Å². The maximum absolute atomic E-state index is 12.3. The van der Waals surface area contributed by atoms with E-state index in [1.807, 2.05) is 42.6 Å². The highest BCUT2D eigenvalue weighted by molar-refractivity contribution is 5.92. The molecule has 3 N–H and O–H groups in total. The number of carbonyl (C=O) groups is 1. The third-order valence-electron chi connectivity index (χ3n) is 4.19. The number of amides is 1. The molecular formula is C17H21N3O. The van der Waals surface area contributed by atoms with Gasteiger partial charge < -0.3 is 15.6 Å². The molecule has 4 nitrogen and oxygen atoms in total. The zero-order valence-electron chi connectivity index (χ0n) is 12.1. The molecule has 1 aromatic heterocycles. The van der Waals surface area contributed by atoms with E-state index in [1.54, 1.807) is 0 Å². The van der Waals surface area contributed by atoms with E-state index >= 15 is 0 Å². The van der Waals surface area contributed by atoms with Crippen LogP contribution in [0.15, 0.2) is 42.6 Å². The van der Waals surface area contributed by atoms with Crippen molar-refractivity contribution in [2.75, 3.05) is 0 Å². The van der Waals surface area contributed by atoms with E-state index < -0.39 is 0 Å². The fourth-order valence-corrected chi connectivity index (χ4v) is 2.64. The molecule has 0 aliphatic heterocycles. The molecule has 1 aromatic carbocycles. The second-order valence-electron chi connectivity index (χ2n) is 5.59. The van der Waals surface area contributed by atoms with Gasteiger partial charge in [-0.3, -0.25) is 4.79 Å². The van der Waals surface area contributed by atoms with Gasteiger partial charge in [0.05, 0.1) is 0 Å². The largest absolute Gasteiger partial charge is 0.347 e. The maximum Gasteiger partial charge on any atom is 0.268 e. The summed E-state index contributed by atoms with van der Waals surface area (Å²) in [6.45, 7) is 1.08. The van der Waals surface area contributed by atoms with Crippen LogP contribution in [0.2, 0.25) is 0 Å². The summed E-state index contributed by atoms with van der Waals surface area (Å²) in [5.41, 5.74) is 8.53. The van der Waals surface area contributed by atoms with Crippen LogP contribution in [0.5, 0.6) is 0 Å². The van der Waals surface area contributed by atoms with Gasteiger partial charge in [-0.05, 0) is 42.5 Å². The Hall–Kier alpha value is -2.07. The van der Waals surface area contributed by atoms with Crippen LogP contribution >= 0.6 is 0 Å². The molecule has 0 unspecified atom stereocenters. The average Bonchev–Trinajstić information content (AvgIpc) is 2.92. The van der Waals surface area contributed by atoms with E-state index in [-0.39, 0.29) is 5.91 Å². The Kier molecular flexibility index (Phi) is 4.06. The monoisotopic (exact) mass is 283 g/mol. The minimum Gasteiger partial charge on any atom is -0.347 e. The third kappa shape index (κ3) is 3.00. The maximum atomic E-state index is 12.3. The first kappa shape index (κ1) is 13.9. The number of aromatic nitrogens is 1. The Morgan fingerprint density at radius 3 is 2.52 bits per heavy atom. The molecule has 1 heterocycles. The summed E-state index contributed by atoms with van der Waals surface area (Å²) in [7, 11) is 0. The molecule has 0 spiro atoms. The second kappa shape index (κ2) is 6.14. The molecule has 0 saturated heterocycles. The molecule has 21 heavy (non-hydrogen) atoms. The Morgan fingerprint density at radius 1 is 1.19 bits per heavy atom. The molecule has 1 saturated carbocycles. The van der Waals surface area contributed by atoms with Gasteiger partial charge in [0, 0.05) is 25.3 Å². The van der Waals surface area contributed by atoms with Crippen LogP contribution in [0.3, 0.4) is 0 Å². The van der Waals surface area contributed by atoms with Gasteiger partial charge in [0.15, 0.2) is 0 Å². The minimum absolute atomic E-state index is 0.00481. The zero-order chi connectivity index (χ0) is 14.7. The molecule has 1 amide bonds. The summed E-state index contributed by atoms with van der Waals surface area (Å²) in [6.07, 6.45) is 5.62. The van der Waals surface area contributed by atoms with Crippen LogP contribution in [-0.4, -0.2) is 10.5 Å². The third-order valence-corrected chi connectivity index (χ3v) is 4.19. The van der Waals surface area contributed by atoms with Crippen molar-refractivity contribution in [1.29, 1.82) is 0 Å². The number of hydrogen-bond donors (Lipinski definition) is 2. The lowest BCUT2D eigenvalue weighted by Crippen LogP contribution is -2.28. The lowest BCUT2D eigenvalue weighted by Gasteiger charge is -2.28. The van der Waals surface area contributed by atoms with Gasteiger partial charge in [0.2, 0.25) is 0 Å². The number of benzene rings is 1. The first-order valence-electron chi connectivity index (χ1n) is 7.51. The van der Waals surface area contributed by atoms with Crippen molar-refractivity contribution in [3.8, 4) is 0 Å². The molecule has 1 aliphatic rings. The van der Waals surface area contributed by atoms with Gasteiger partial charge in [0.1, 0.15) is 5.69 Å². The first-order chi connectivity index (χ1) is 10.3. The predicted octanol–water partition coefficient (Wildman–Crippen LogP) is 2.60. The zero-order valence-corrected chi connectivity index (χ0v) is 12.1. The molecule has 3 rings (SSSR count). The number of nitrogens with one attached hydrogen (secondary N) is 1. The highest BCUT2D eigenvalue weighted by Crippen LogP contribution is 2.32. The molecule has 4 heteroatoms. The van der Waals surface area contributed by atoms with Crippen molar-refractivity contribution in [2.24, 2.45) is 5.73 Å². The molecule has 0 radical (unpaired) electrons. The summed E-state index contributed by atoms with van der Waals surface area (Å²) in [4.78, 5) is 12.3. The van der Waals surface area contributed by atoms with E-state index in [0.717, 1.165) is 16.8 Å². The fraction of sp³-hybridized carbons (Fsp3) is 0.353. The molecule has 0 atom stereocenters. The van der Waals surface area contributed by atoms with Crippen LogP contribution in [0, 0.1) is 0 Å². The number of nitrogens with two attached hydrogens (primary N) is 1. The van der Waals surface area contributed by atoms with Gasteiger partial charge in [-0.15, -0.1) is 0 Å². The normalized spacial score (nSPS) is 14.7. The summed E-state index contributed by atoms with van der Waals surface area (Å²) < 4.78 is 2.11. The van der Waals surface area contributed by atoms with Crippen molar-refractivity contribution in [3.63, 3.8) is 0 Å². The second-order valence-corrected chi connectivity index (χ2v) is 5.59. The fourth-order valence-electron chi connectivity index (χ4n) is 2.64. The van der Waals surface area contributed by atoms with Gasteiger partial charge in [-0.25, -0.2) is 0 Å². The highest BCUT2D eigenvalue weighted by Gasteiger charge is 2.22. The predicted molar refractivity (Wildman–Crippen MR) is 82.8 cm³/mol. The standard InChI is InChI=1S/C17H21N3O/c18-11-13-6-8-14(9-7-13)12-19-17(21)16-5-2-10-20(16)15-3-1-4-15/h2,5-10,15H,1,3-4,11-12,18H2,(H,19,21). The van der Waals surface area contributed by atoms with E-state index in [2.05, 4.69) is 9.88 Å². The van der Waals surface area contributed by atoms with E-state index in [0.29, 0.717) is 19.1 Å². The van der Waals surface area contributed by atoms with E-state index in [4.69, 9.17) is 5.73 Å². The van der Waals surface area contributed by atoms with Gasteiger partial charge >= 0.3 is 0 Å². The number of nitrogens with zero attached hydrogens (tertiary/aromatic N) is 1. The molecular weight excluding hydrogens is 262 g/mol. The summed E-state index contributed by atoms with van der Waals surface area (Å²) in [6, 6.07) is 12.4. The van der Waals surface area contributed by atoms with Gasteiger partial charge in [-0.2, -0.15) is 0 Å². The van der Waals surface area contributed by atoms with E-state index in [9.17, 15) is 4.79 Å². The quantitative estimate of drug-likeness (QED) is 0.886. The smallest absolute Gasteiger partial charge is 0.268 e. The SMILES string of the molecule is NCc1ccc(CNC(=O)c2cccn2C2CCC2)cc1. The average molecular weight is 283 g/mol. The van der Waals surface area contributed by atoms with Crippen molar-refractivity contribution in [2.45, 2.75) is 38.4 Å². The summed E-state index contributed by atoms with van der Waals surface area (Å²) >= 11 is 0. The van der Waals surface area contributed by atoms with Crippen LogP contribution in [0.25, 0.3) is 0 Å². The van der Waals surface area contributed by atoms with Crippen LogP contribution in [0.4, 0.5) is 0 Å². The molecule has 1 aliphatic carbocycles. The molecule has 110 valence electrons. The topological polar surface area (TPSA) is 60.0 Å². The van der Waals surface area contributed by atoms with Crippen LogP contribution in [0.1, 0.15) is 46.9 Å². The first-order valence-corrected chi connectivity index (χ1v) is 7.51. The summed E-state index contributed by atoms with van der Waals surface area (Å²) in [5, 5.41) is 2.99. The minimum atomic E-state index is -0.00481. The van der Waals surface area contributed by atoms with Crippen LogP contribution < -0.4 is 11.1 Å². The highest BCUT2D eigenvalue weighted by atomic mass is 16.1. The lowest BCUT2D eigenvalue weighted by molar-refractivity contribution is 0.0936. The number of carbonyl (C=O) groups excluding carboxylic acids is 1. The van der Waals surface area contributed by atoms with E-state index in [1.165, 1.54) is 19.3 Å². The van der Waals surface area contributed by atoms with Crippen molar-refractivity contribution in [3.05, 3.63) is 59.4 Å². The van der Waals surface area contributed by atoms with Crippen molar-refractivity contribution in [1.82, 2.24) is 9.88 Å². The Labute approximate surface area is 125 Å². The number of hydrogen-bond acceptors (Lipinski definition) is 2. The van der Waals surface area contributed by atoms with Crippen molar-refractivity contribution < 1.29 is 4.79 Å².